The summed E-state index contributed by atoms with van der Waals surface area (Å²) in [6.45, 7) is 10.5. The first-order chi connectivity index (χ1) is 8.69. The minimum atomic E-state index is -0.126. The van der Waals surface area contributed by atoms with Gasteiger partial charge in [-0.1, -0.05) is 32.0 Å². The number of likely N-dealkylation sites (N-methyl/N-ethyl adjacent to an activating group) is 1. The largest absolute Gasteiger partial charge is 0.309 e. The van der Waals surface area contributed by atoms with Crippen molar-refractivity contribution in [3.05, 3.63) is 35.6 Å². The van der Waals surface area contributed by atoms with Crippen LogP contribution in [0.1, 0.15) is 38.8 Å². The van der Waals surface area contributed by atoms with Crippen molar-refractivity contribution in [3.8, 4) is 0 Å². The maximum Gasteiger partial charge on any atom is 0.127 e. The quantitative estimate of drug-likeness (QED) is 0.764. The van der Waals surface area contributed by atoms with Crippen molar-refractivity contribution in [2.45, 2.75) is 33.2 Å². The molecule has 0 bridgehead atoms. The molecule has 2 nitrogen and oxygen atoms in total. The van der Waals surface area contributed by atoms with Crippen LogP contribution in [0.4, 0.5) is 4.39 Å². The van der Waals surface area contributed by atoms with E-state index in [1.807, 2.05) is 19.1 Å². The zero-order chi connectivity index (χ0) is 13.4. The van der Waals surface area contributed by atoms with Crippen molar-refractivity contribution in [1.82, 2.24) is 10.2 Å². The minimum absolute atomic E-state index is 0.0616. The molecule has 1 unspecified atom stereocenters. The maximum atomic E-state index is 13.6. The molecule has 18 heavy (non-hydrogen) atoms. The molecule has 0 fully saturated rings. The highest BCUT2D eigenvalue weighted by molar-refractivity contribution is 5.20. The molecule has 0 radical (unpaired) electrons. The first-order valence-corrected chi connectivity index (χ1v) is 6.89. The van der Waals surface area contributed by atoms with Crippen LogP contribution in [0.2, 0.25) is 0 Å². The Morgan fingerprint density at radius 3 is 2.56 bits per heavy atom. The topological polar surface area (TPSA) is 15.3 Å². The molecule has 3 heteroatoms. The van der Waals surface area contributed by atoms with Gasteiger partial charge in [-0.3, -0.25) is 0 Å². The molecule has 1 rings (SSSR count). The average Bonchev–Trinajstić information content (AvgIpc) is 2.38. The lowest BCUT2D eigenvalue weighted by molar-refractivity contribution is 0.283. The van der Waals surface area contributed by atoms with Gasteiger partial charge in [0.2, 0.25) is 0 Å². The molecule has 0 aliphatic heterocycles. The summed E-state index contributed by atoms with van der Waals surface area (Å²) in [5, 5.41) is 3.38. The number of hydrogen-bond donors (Lipinski definition) is 1. The van der Waals surface area contributed by atoms with Gasteiger partial charge in [-0.05, 0) is 32.5 Å². The van der Waals surface area contributed by atoms with Gasteiger partial charge in [0.15, 0.2) is 0 Å². The number of halogens is 1. The van der Waals surface area contributed by atoms with Crippen LogP contribution in [0, 0.1) is 5.82 Å². The van der Waals surface area contributed by atoms with Crippen LogP contribution in [0.3, 0.4) is 0 Å². The molecule has 1 aromatic rings. The monoisotopic (exact) mass is 252 g/mol. The van der Waals surface area contributed by atoms with Gasteiger partial charge in [-0.15, -0.1) is 0 Å². The fraction of sp³-hybridized carbons (Fsp3) is 0.600. The Hall–Kier alpha value is -0.930. The molecule has 102 valence electrons. The Labute approximate surface area is 110 Å². The van der Waals surface area contributed by atoms with E-state index in [1.54, 1.807) is 6.07 Å². The lowest BCUT2D eigenvalue weighted by Gasteiger charge is -2.21. The normalized spacial score (nSPS) is 12.9. The number of rotatable bonds is 8. The summed E-state index contributed by atoms with van der Waals surface area (Å²) in [5.74, 6) is -0.126. The zero-order valence-electron chi connectivity index (χ0n) is 11.7. The molecule has 1 N–H and O–H groups in total. The van der Waals surface area contributed by atoms with Gasteiger partial charge in [0, 0.05) is 24.7 Å². The molecule has 0 saturated carbocycles. The molecular formula is C15H25FN2. The van der Waals surface area contributed by atoms with Crippen molar-refractivity contribution in [2.75, 3.05) is 26.2 Å². The van der Waals surface area contributed by atoms with Crippen molar-refractivity contribution < 1.29 is 4.39 Å². The molecule has 0 amide bonds. The second-order valence-electron chi connectivity index (χ2n) is 4.63. The predicted molar refractivity (Wildman–Crippen MR) is 75.2 cm³/mol. The fourth-order valence-electron chi connectivity index (χ4n) is 2.12. The number of nitrogens with zero attached hydrogens (tertiary/aromatic N) is 1. The Morgan fingerprint density at radius 2 is 1.94 bits per heavy atom. The van der Waals surface area contributed by atoms with Gasteiger partial charge in [0.25, 0.3) is 0 Å². The van der Waals surface area contributed by atoms with Crippen LogP contribution >= 0.6 is 0 Å². The maximum absolute atomic E-state index is 13.6. The highest BCUT2D eigenvalue weighted by Gasteiger charge is 2.09. The van der Waals surface area contributed by atoms with E-state index >= 15 is 0 Å². The summed E-state index contributed by atoms with van der Waals surface area (Å²) in [5.41, 5.74) is 0.746. The second kappa shape index (κ2) is 8.22. The SMILES string of the molecule is CCCN(CC)CCNC(C)c1ccccc1F. The van der Waals surface area contributed by atoms with Gasteiger partial charge in [-0.25, -0.2) is 4.39 Å². The van der Waals surface area contributed by atoms with E-state index in [1.165, 1.54) is 12.5 Å². The van der Waals surface area contributed by atoms with Crippen LogP contribution in [-0.4, -0.2) is 31.1 Å². The molecule has 0 heterocycles. The predicted octanol–water partition coefficient (Wildman–Crippen LogP) is 3.21. The van der Waals surface area contributed by atoms with E-state index in [0.717, 1.165) is 31.7 Å². The average molecular weight is 252 g/mol. The summed E-state index contributed by atoms with van der Waals surface area (Å²) < 4.78 is 13.6. The minimum Gasteiger partial charge on any atom is -0.309 e. The van der Waals surface area contributed by atoms with Crippen LogP contribution in [-0.2, 0) is 0 Å². The smallest absolute Gasteiger partial charge is 0.127 e. The Bertz CT molecular complexity index is 341. The Morgan fingerprint density at radius 1 is 1.22 bits per heavy atom. The third-order valence-electron chi connectivity index (χ3n) is 3.24. The molecule has 0 aromatic heterocycles. The van der Waals surface area contributed by atoms with Gasteiger partial charge in [0.05, 0.1) is 0 Å². The molecule has 0 aliphatic carbocycles. The van der Waals surface area contributed by atoms with Crippen LogP contribution < -0.4 is 5.32 Å². The third-order valence-corrected chi connectivity index (χ3v) is 3.24. The molecule has 0 spiro atoms. The summed E-state index contributed by atoms with van der Waals surface area (Å²) in [7, 11) is 0. The van der Waals surface area contributed by atoms with Crippen molar-refractivity contribution >= 4 is 0 Å². The second-order valence-corrected chi connectivity index (χ2v) is 4.63. The van der Waals surface area contributed by atoms with E-state index in [4.69, 9.17) is 0 Å². The van der Waals surface area contributed by atoms with Crippen molar-refractivity contribution in [1.29, 1.82) is 0 Å². The Balaban J connectivity index is 2.37. The number of hydrogen-bond acceptors (Lipinski definition) is 2. The fourth-order valence-corrected chi connectivity index (χ4v) is 2.12. The molecular weight excluding hydrogens is 227 g/mol. The molecule has 1 aromatic carbocycles. The van der Waals surface area contributed by atoms with Gasteiger partial charge >= 0.3 is 0 Å². The van der Waals surface area contributed by atoms with Crippen molar-refractivity contribution in [2.24, 2.45) is 0 Å². The van der Waals surface area contributed by atoms with Gasteiger partial charge in [0.1, 0.15) is 5.82 Å². The number of benzene rings is 1. The lowest BCUT2D eigenvalue weighted by atomic mass is 10.1. The van der Waals surface area contributed by atoms with Crippen LogP contribution in [0.15, 0.2) is 24.3 Å². The van der Waals surface area contributed by atoms with E-state index in [-0.39, 0.29) is 11.9 Å². The van der Waals surface area contributed by atoms with E-state index in [9.17, 15) is 4.39 Å². The highest BCUT2D eigenvalue weighted by Crippen LogP contribution is 2.15. The van der Waals surface area contributed by atoms with E-state index < -0.39 is 0 Å². The summed E-state index contributed by atoms with van der Waals surface area (Å²) in [6.07, 6.45) is 1.18. The highest BCUT2D eigenvalue weighted by atomic mass is 19.1. The van der Waals surface area contributed by atoms with Gasteiger partial charge < -0.3 is 10.2 Å². The molecule has 0 aliphatic rings. The molecule has 1 atom stereocenters. The first-order valence-electron chi connectivity index (χ1n) is 6.89. The van der Waals surface area contributed by atoms with E-state index in [0.29, 0.717) is 0 Å². The van der Waals surface area contributed by atoms with Crippen LogP contribution in [0.25, 0.3) is 0 Å². The summed E-state index contributed by atoms with van der Waals surface area (Å²) in [6, 6.07) is 7.03. The van der Waals surface area contributed by atoms with Gasteiger partial charge in [-0.2, -0.15) is 0 Å². The zero-order valence-corrected chi connectivity index (χ0v) is 11.7. The number of nitrogens with one attached hydrogen (secondary N) is 1. The summed E-state index contributed by atoms with van der Waals surface area (Å²) >= 11 is 0. The lowest BCUT2D eigenvalue weighted by Crippen LogP contribution is -2.33. The Kier molecular flexibility index (Phi) is 6.91. The standard InChI is InChI=1S/C15H25FN2/c1-4-11-18(5-2)12-10-17-13(3)14-8-6-7-9-15(14)16/h6-9,13,17H,4-5,10-12H2,1-3H3. The summed E-state index contributed by atoms with van der Waals surface area (Å²) in [4.78, 5) is 2.40. The van der Waals surface area contributed by atoms with E-state index in [2.05, 4.69) is 24.1 Å². The third kappa shape index (κ3) is 4.75. The van der Waals surface area contributed by atoms with Crippen LogP contribution in [0.5, 0.6) is 0 Å². The van der Waals surface area contributed by atoms with Crippen molar-refractivity contribution in [3.63, 3.8) is 0 Å². The molecule has 0 saturated heterocycles. The first kappa shape index (κ1) is 15.1.